The summed E-state index contributed by atoms with van der Waals surface area (Å²) in [6, 6.07) is 0. The molecule has 0 bridgehead atoms. The monoisotopic (exact) mass is 238 g/mol. The van der Waals surface area contributed by atoms with Gasteiger partial charge in [0.25, 0.3) is 0 Å². The molecule has 17 heavy (non-hydrogen) atoms. The molecule has 1 amide bonds. The first-order valence-corrected chi connectivity index (χ1v) is 5.93. The van der Waals surface area contributed by atoms with Crippen LogP contribution in [-0.4, -0.2) is 29.1 Å². The molecule has 1 heterocycles. The Morgan fingerprint density at radius 1 is 1.53 bits per heavy atom. The molecule has 0 saturated heterocycles. The first-order chi connectivity index (χ1) is 8.01. The topological polar surface area (TPSA) is 59.0 Å². The first-order valence-electron chi connectivity index (χ1n) is 5.93. The summed E-state index contributed by atoms with van der Waals surface area (Å²) in [5.74, 6) is 0.0500. The highest BCUT2D eigenvalue weighted by molar-refractivity contribution is 5.81. The van der Waals surface area contributed by atoms with Crippen LogP contribution in [-0.2, 0) is 17.9 Å². The number of carbonyl (C=O) groups is 1. The lowest BCUT2D eigenvalue weighted by molar-refractivity contribution is -0.128. The number of aryl methyl sites for hydroxylation is 1. The Bertz CT molecular complexity index is 370. The van der Waals surface area contributed by atoms with Crippen molar-refractivity contribution >= 4 is 5.91 Å². The van der Waals surface area contributed by atoms with Crippen molar-refractivity contribution in [3.05, 3.63) is 18.2 Å². The van der Waals surface area contributed by atoms with Crippen molar-refractivity contribution in [3.63, 3.8) is 0 Å². The van der Waals surface area contributed by atoms with Gasteiger partial charge in [0.05, 0.1) is 17.4 Å². The maximum Gasteiger partial charge on any atom is 0.226 e. The number of rotatable bonds is 6. The van der Waals surface area contributed by atoms with E-state index in [1.165, 1.54) is 0 Å². The molecule has 96 valence electrons. The van der Waals surface area contributed by atoms with Gasteiger partial charge in [-0.15, -0.1) is 0 Å². The Hall–Kier alpha value is -1.36. The van der Waals surface area contributed by atoms with Gasteiger partial charge in [-0.3, -0.25) is 4.79 Å². The van der Waals surface area contributed by atoms with Gasteiger partial charge in [-0.05, 0) is 20.8 Å². The average molecular weight is 238 g/mol. The van der Waals surface area contributed by atoms with E-state index in [9.17, 15) is 4.79 Å². The normalized spacial score (nSPS) is 11.5. The molecule has 5 nitrogen and oxygen atoms in total. The van der Waals surface area contributed by atoms with Gasteiger partial charge in [-0.2, -0.15) is 0 Å². The van der Waals surface area contributed by atoms with E-state index in [2.05, 4.69) is 27.1 Å². The van der Waals surface area contributed by atoms with Crippen molar-refractivity contribution in [2.75, 3.05) is 13.6 Å². The third-order valence-electron chi connectivity index (χ3n) is 2.85. The SMILES string of the molecule is CCn1cncc1CNCC(C)(C)C(=O)NC. The second kappa shape index (κ2) is 5.82. The Kier molecular flexibility index (Phi) is 4.69. The Labute approximate surface area is 103 Å². The Balaban J connectivity index is 2.45. The molecule has 2 N–H and O–H groups in total. The largest absolute Gasteiger partial charge is 0.359 e. The van der Waals surface area contributed by atoms with E-state index >= 15 is 0 Å². The molecule has 1 aromatic rings. The maximum absolute atomic E-state index is 11.6. The van der Waals surface area contributed by atoms with Gasteiger partial charge in [-0.25, -0.2) is 4.98 Å². The fourth-order valence-electron chi connectivity index (χ4n) is 1.70. The van der Waals surface area contributed by atoms with Crippen LogP contribution in [0.5, 0.6) is 0 Å². The van der Waals surface area contributed by atoms with Crippen LogP contribution in [0.3, 0.4) is 0 Å². The fourth-order valence-corrected chi connectivity index (χ4v) is 1.70. The second-order valence-electron chi connectivity index (χ2n) is 4.74. The van der Waals surface area contributed by atoms with E-state index in [1.54, 1.807) is 7.05 Å². The van der Waals surface area contributed by atoms with Crippen LogP contribution in [0.15, 0.2) is 12.5 Å². The molecule has 0 aliphatic heterocycles. The number of amides is 1. The van der Waals surface area contributed by atoms with Crippen LogP contribution < -0.4 is 10.6 Å². The Morgan fingerprint density at radius 3 is 2.82 bits per heavy atom. The molecular weight excluding hydrogens is 216 g/mol. The predicted octanol–water partition coefficient (Wildman–Crippen LogP) is 0.765. The standard InChI is InChI=1S/C12H22N4O/c1-5-16-9-15-7-10(16)6-14-8-12(2,3)11(17)13-4/h7,9,14H,5-6,8H2,1-4H3,(H,13,17). The lowest BCUT2D eigenvalue weighted by Gasteiger charge is -2.23. The minimum atomic E-state index is -0.397. The van der Waals surface area contributed by atoms with E-state index in [0.717, 1.165) is 18.8 Å². The number of hydrogen-bond donors (Lipinski definition) is 2. The van der Waals surface area contributed by atoms with Gasteiger partial charge in [0, 0.05) is 32.9 Å². The number of nitrogens with zero attached hydrogens (tertiary/aromatic N) is 2. The first kappa shape index (κ1) is 13.7. The molecule has 0 radical (unpaired) electrons. The third kappa shape index (κ3) is 3.56. The van der Waals surface area contributed by atoms with Gasteiger partial charge in [0.2, 0.25) is 5.91 Å². The number of hydrogen-bond acceptors (Lipinski definition) is 3. The van der Waals surface area contributed by atoms with E-state index in [1.807, 2.05) is 26.4 Å². The van der Waals surface area contributed by atoms with Crippen molar-refractivity contribution in [1.82, 2.24) is 20.2 Å². The molecule has 1 rings (SSSR count). The maximum atomic E-state index is 11.6. The molecule has 0 aliphatic carbocycles. The summed E-state index contributed by atoms with van der Waals surface area (Å²) >= 11 is 0. The summed E-state index contributed by atoms with van der Waals surface area (Å²) in [7, 11) is 1.66. The summed E-state index contributed by atoms with van der Waals surface area (Å²) in [5.41, 5.74) is 0.742. The predicted molar refractivity (Wildman–Crippen MR) is 67.5 cm³/mol. The van der Waals surface area contributed by atoms with Gasteiger partial charge in [0.15, 0.2) is 0 Å². The molecule has 5 heteroatoms. The number of carbonyl (C=O) groups excluding carboxylic acids is 1. The van der Waals surface area contributed by atoms with Crippen LogP contribution in [0.2, 0.25) is 0 Å². The van der Waals surface area contributed by atoms with Crippen LogP contribution in [0.4, 0.5) is 0 Å². The summed E-state index contributed by atoms with van der Waals surface area (Å²) in [6.45, 7) is 8.22. The third-order valence-corrected chi connectivity index (χ3v) is 2.85. The van der Waals surface area contributed by atoms with Gasteiger partial charge in [0.1, 0.15) is 0 Å². The van der Waals surface area contributed by atoms with Crippen molar-refractivity contribution in [2.45, 2.75) is 33.9 Å². The molecule has 0 spiro atoms. The molecule has 0 atom stereocenters. The average Bonchev–Trinajstić information content (AvgIpc) is 2.75. The second-order valence-corrected chi connectivity index (χ2v) is 4.74. The molecule has 0 aromatic carbocycles. The molecule has 0 aliphatic rings. The van der Waals surface area contributed by atoms with Crippen molar-refractivity contribution < 1.29 is 4.79 Å². The minimum Gasteiger partial charge on any atom is -0.359 e. The number of imidazole rings is 1. The van der Waals surface area contributed by atoms with Gasteiger partial charge >= 0.3 is 0 Å². The van der Waals surface area contributed by atoms with Crippen molar-refractivity contribution in [1.29, 1.82) is 0 Å². The Morgan fingerprint density at radius 2 is 2.24 bits per heavy atom. The fraction of sp³-hybridized carbons (Fsp3) is 0.667. The molecule has 1 aromatic heterocycles. The summed E-state index contributed by atoms with van der Waals surface area (Å²) in [5, 5.41) is 5.97. The smallest absolute Gasteiger partial charge is 0.226 e. The zero-order chi connectivity index (χ0) is 12.9. The lowest BCUT2D eigenvalue weighted by Crippen LogP contribution is -2.42. The molecule has 0 saturated carbocycles. The van der Waals surface area contributed by atoms with E-state index in [-0.39, 0.29) is 5.91 Å². The van der Waals surface area contributed by atoms with E-state index < -0.39 is 5.41 Å². The zero-order valence-corrected chi connectivity index (χ0v) is 11.1. The summed E-state index contributed by atoms with van der Waals surface area (Å²) in [4.78, 5) is 15.7. The highest BCUT2D eigenvalue weighted by Gasteiger charge is 2.25. The van der Waals surface area contributed by atoms with Crippen LogP contribution in [0.25, 0.3) is 0 Å². The van der Waals surface area contributed by atoms with Gasteiger partial charge in [-0.1, -0.05) is 0 Å². The summed E-state index contributed by atoms with van der Waals surface area (Å²) in [6.07, 6.45) is 3.67. The number of aromatic nitrogens is 2. The lowest BCUT2D eigenvalue weighted by atomic mass is 9.92. The molecule has 0 fully saturated rings. The number of nitrogens with one attached hydrogen (secondary N) is 2. The summed E-state index contributed by atoms with van der Waals surface area (Å²) < 4.78 is 2.08. The van der Waals surface area contributed by atoms with Crippen LogP contribution in [0, 0.1) is 5.41 Å². The minimum absolute atomic E-state index is 0.0500. The van der Waals surface area contributed by atoms with Crippen LogP contribution in [0.1, 0.15) is 26.5 Å². The highest BCUT2D eigenvalue weighted by atomic mass is 16.2. The van der Waals surface area contributed by atoms with E-state index in [0.29, 0.717) is 6.54 Å². The van der Waals surface area contributed by atoms with Gasteiger partial charge < -0.3 is 15.2 Å². The molecule has 0 unspecified atom stereocenters. The van der Waals surface area contributed by atoms with Crippen LogP contribution >= 0.6 is 0 Å². The van der Waals surface area contributed by atoms with Crippen molar-refractivity contribution in [3.8, 4) is 0 Å². The quantitative estimate of drug-likeness (QED) is 0.769. The van der Waals surface area contributed by atoms with Crippen molar-refractivity contribution in [2.24, 2.45) is 5.41 Å². The zero-order valence-electron chi connectivity index (χ0n) is 11.1. The molecular formula is C12H22N4O. The highest BCUT2D eigenvalue weighted by Crippen LogP contribution is 2.13. The van der Waals surface area contributed by atoms with E-state index in [4.69, 9.17) is 0 Å².